The Balaban J connectivity index is 0.00000225. The van der Waals surface area contributed by atoms with Crippen LogP contribution in [0.2, 0.25) is 0 Å². The van der Waals surface area contributed by atoms with E-state index in [1.165, 1.54) is 29.2 Å². The molecule has 0 saturated carbocycles. The lowest BCUT2D eigenvalue weighted by Crippen LogP contribution is -2.38. The molecular weight excluding hydrogens is 465 g/mol. The zero-order chi connectivity index (χ0) is 16.6. The van der Waals surface area contributed by atoms with Crippen LogP contribution in [0.1, 0.15) is 31.0 Å². The summed E-state index contributed by atoms with van der Waals surface area (Å²) >= 11 is 3.48. The molecular formula is C17H26IN5S2. The van der Waals surface area contributed by atoms with E-state index in [1.54, 1.807) is 22.7 Å². The van der Waals surface area contributed by atoms with Crippen molar-refractivity contribution < 1.29 is 0 Å². The summed E-state index contributed by atoms with van der Waals surface area (Å²) in [5, 5.41) is 14.3. The molecule has 1 fully saturated rings. The summed E-state index contributed by atoms with van der Waals surface area (Å²) in [5.74, 6) is 0.874. The zero-order valence-corrected chi connectivity index (χ0v) is 18.5. The van der Waals surface area contributed by atoms with Gasteiger partial charge in [-0.2, -0.15) is 11.3 Å². The molecule has 25 heavy (non-hydrogen) atoms. The number of anilines is 1. The Bertz CT molecular complexity index is 635. The van der Waals surface area contributed by atoms with Crippen LogP contribution in [-0.2, 0) is 13.0 Å². The molecule has 0 aromatic carbocycles. The standard InChI is InChI=1S/C17H25N5S2.HI/c1-2-18-16(20-11-14-6-10-23-12-14)19-7-5-15-13-24-17(21-15)22-8-3-4-9-22;/h6,10,12-13H,2-5,7-9,11H2,1H3,(H2,18,19,20);1H. The van der Waals surface area contributed by atoms with Gasteiger partial charge < -0.3 is 15.5 Å². The van der Waals surface area contributed by atoms with E-state index < -0.39 is 0 Å². The average molecular weight is 491 g/mol. The van der Waals surface area contributed by atoms with Crippen molar-refractivity contribution in [2.45, 2.75) is 32.7 Å². The van der Waals surface area contributed by atoms with E-state index in [-0.39, 0.29) is 24.0 Å². The van der Waals surface area contributed by atoms with E-state index in [4.69, 9.17) is 4.98 Å². The second-order valence-electron chi connectivity index (χ2n) is 5.82. The predicted molar refractivity (Wildman–Crippen MR) is 120 cm³/mol. The number of halogens is 1. The largest absolute Gasteiger partial charge is 0.357 e. The summed E-state index contributed by atoms with van der Waals surface area (Å²) in [4.78, 5) is 11.8. The van der Waals surface area contributed by atoms with Gasteiger partial charge in [0.2, 0.25) is 0 Å². The van der Waals surface area contributed by atoms with Crippen LogP contribution in [0.25, 0.3) is 0 Å². The van der Waals surface area contributed by atoms with Crippen molar-refractivity contribution in [3.05, 3.63) is 33.5 Å². The Morgan fingerprint density at radius 2 is 2.12 bits per heavy atom. The van der Waals surface area contributed by atoms with Gasteiger partial charge in [0.05, 0.1) is 12.2 Å². The van der Waals surface area contributed by atoms with E-state index >= 15 is 0 Å². The van der Waals surface area contributed by atoms with Crippen molar-refractivity contribution in [1.29, 1.82) is 0 Å². The first kappa shape index (κ1) is 20.4. The number of hydrogen-bond acceptors (Lipinski definition) is 5. The molecule has 2 aromatic rings. The minimum Gasteiger partial charge on any atom is -0.357 e. The summed E-state index contributed by atoms with van der Waals surface area (Å²) in [6.07, 6.45) is 3.51. The lowest BCUT2D eigenvalue weighted by Gasteiger charge is -2.12. The number of aliphatic imine (C=N–C) groups is 1. The van der Waals surface area contributed by atoms with Crippen molar-refractivity contribution in [2.24, 2.45) is 4.99 Å². The fourth-order valence-electron chi connectivity index (χ4n) is 2.67. The molecule has 0 spiro atoms. The number of thiazole rings is 1. The number of nitrogens with zero attached hydrogens (tertiary/aromatic N) is 3. The van der Waals surface area contributed by atoms with E-state index in [0.717, 1.165) is 38.6 Å². The second kappa shape index (κ2) is 11.0. The van der Waals surface area contributed by atoms with Crippen LogP contribution in [-0.4, -0.2) is 37.1 Å². The van der Waals surface area contributed by atoms with Crippen LogP contribution in [0.5, 0.6) is 0 Å². The molecule has 5 nitrogen and oxygen atoms in total. The topological polar surface area (TPSA) is 52.6 Å². The number of aromatic nitrogens is 1. The number of thiophene rings is 1. The maximum atomic E-state index is 4.77. The van der Waals surface area contributed by atoms with Gasteiger partial charge in [0.15, 0.2) is 11.1 Å². The molecule has 0 unspecified atom stereocenters. The molecule has 3 heterocycles. The lowest BCUT2D eigenvalue weighted by atomic mass is 10.3. The van der Waals surface area contributed by atoms with Crippen molar-refractivity contribution in [3.8, 4) is 0 Å². The summed E-state index contributed by atoms with van der Waals surface area (Å²) < 4.78 is 0. The SMILES string of the molecule is CCNC(=NCc1ccsc1)NCCc1csc(N2CCCC2)n1.I. The average Bonchev–Trinajstić information content (AvgIpc) is 3.33. The van der Waals surface area contributed by atoms with Gasteiger partial charge in [-0.1, -0.05) is 0 Å². The summed E-state index contributed by atoms with van der Waals surface area (Å²) in [6.45, 7) is 6.83. The molecule has 1 saturated heterocycles. The predicted octanol–water partition coefficient (Wildman–Crippen LogP) is 3.72. The number of nitrogens with one attached hydrogen (secondary N) is 2. The molecule has 0 radical (unpaired) electrons. The molecule has 0 atom stereocenters. The molecule has 138 valence electrons. The van der Waals surface area contributed by atoms with E-state index in [1.807, 2.05) is 0 Å². The Morgan fingerprint density at radius 1 is 1.28 bits per heavy atom. The Kier molecular flexibility index (Phi) is 8.97. The van der Waals surface area contributed by atoms with Crippen molar-refractivity contribution in [3.63, 3.8) is 0 Å². The Hall–Kier alpha value is -0.870. The molecule has 1 aliphatic rings. The quantitative estimate of drug-likeness (QED) is 0.352. The van der Waals surface area contributed by atoms with Gasteiger partial charge >= 0.3 is 0 Å². The van der Waals surface area contributed by atoms with Gasteiger partial charge in [0.1, 0.15) is 0 Å². The molecule has 8 heteroatoms. The van der Waals surface area contributed by atoms with Crippen molar-refractivity contribution in [1.82, 2.24) is 15.6 Å². The van der Waals surface area contributed by atoms with Crippen molar-refractivity contribution in [2.75, 3.05) is 31.1 Å². The van der Waals surface area contributed by atoms with Crippen molar-refractivity contribution >= 4 is 57.7 Å². The van der Waals surface area contributed by atoms with Gasteiger partial charge in [-0.05, 0) is 42.2 Å². The van der Waals surface area contributed by atoms with Gasteiger partial charge in [0, 0.05) is 38.0 Å². The first-order chi connectivity index (χ1) is 11.8. The highest BCUT2D eigenvalue weighted by molar-refractivity contribution is 14.0. The first-order valence-corrected chi connectivity index (χ1v) is 10.4. The molecule has 3 rings (SSSR count). The Morgan fingerprint density at radius 3 is 2.84 bits per heavy atom. The van der Waals surface area contributed by atoms with Crippen LogP contribution >= 0.6 is 46.7 Å². The van der Waals surface area contributed by atoms with Gasteiger partial charge in [-0.15, -0.1) is 35.3 Å². The maximum absolute atomic E-state index is 4.77. The third-order valence-corrected chi connectivity index (χ3v) is 5.62. The fourth-order valence-corrected chi connectivity index (χ4v) is 4.24. The smallest absolute Gasteiger partial charge is 0.191 e. The summed E-state index contributed by atoms with van der Waals surface area (Å²) in [6, 6.07) is 2.12. The minimum absolute atomic E-state index is 0. The van der Waals surface area contributed by atoms with Gasteiger partial charge in [0.25, 0.3) is 0 Å². The van der Waals surface area contributed by atoms with Crippen LogP contribution in [0.3, 0.4) is 0 Å². The number of hydrogen-bond donors (Lipinski definition) is 2. The highest BCUT2D eigenvalue weighted by atomic mass is 127. The lowest BCUT2D eigenvalue weighted by molar-refractivity contribution is 0.790. The first-order valence-electron chi connectivity index (χ1n) is 8.58. The zero-order valence-electron chi connectivity index (χ0n) is 14.5. The third-order valence-electron chi connectivity index (χ3n) is 3.93. The monoisotopic (exact) mass is 491 g/mol. The van der Waals surface area contributed by atoms with E-state index in [0.29, 0.717) is 6.54 Å². The Labute approximate surface area is 175 Å². The molecule has 2 aromatic heterocycles. The summed E-state index contributed by atoms with van der Waals surface area (Å²) in [5.41, 5.74) is 2.43. The van der Waals surface area contributed by atoms with E-state index in [2.05, 4.69) is 49.7 Å². The molecule has 0 amide bonds. The molecule has 0 bridgehead atoms. The van der Waals surface area contributed by atoms with Gasteiger partial charge in [-0.25, -0.2) is 9.98 Å². The number of rotatable bonds is 7. The number of guanidine groups is 1. The van der Waals surface area contributed by atoms with Crippen LogP contribution < -0.4 is 15.5 Å². The molecule has 0 aliphatic carbocycles. The molecule has 1 aliphatic heterocycles. The normalized spacial score (nSPS) is 14.4. The fraction of sp³-hybridized carbons (Fsp3) is 0.529. The third kappa shape index (κ3) is 6.41. The van der Waals surface area contributed by atoms with Crippen LogP contribution in [0.4, 0.5) is 5.13 Å². The van der Waals surface area contributed by atoms with Crippen LogP contribution in [0.15, 0.2) is 27.2 Å². The maximum Gasteiger partial charge on any atom is 0.191 e. The summed E-state index contributed by atoms with van der Waals surface area (Å²) in [7, 11) is 0. The highest BCUT2D eigenvalue weighted by Gasteiger charge is 2.15. The van der Waals surface area contributed by atoms with Gasteiger partial charge in [-0.3, -0.25) is 0 Å². The van der Waals surface area contributed by atoms with Crippen LogP contribution in [0, 0.1) is 0 Å². The highest BCUT2D eigenvalue weighted by Crippen LogP contribution is 2.24. The molecule has 2 N–H and O–H groups in total. The van der Waals surface area contributed by atoms with E-state index in [9.17, 15) is 0 Å². The second-order valence-corrected chi connectivity index (χ2v) is 7.44. The minimum atomic E-state index is 0.